The van der Waals surface area contributed by atoms with E-state index in [1.807, 2.05) is 0 Å². The van der Waals surface area contributed by atoms with E-state index in [0.717, 1.165) is 5.56 Å². The Bertz CT molecular complexity index is 1300. The molecule has 1 heterocycles. The molecule has 32 heavy (non-hydrogen) atoms. The van der Waals surface area contributed by atoms with Gasteiger partial charge in [0.25, 0.3) is 5.56 Å². The molecule has 0 aliphatic heterocycles. The maximum atomic E-state index is 12.5. The molecule has 9 heteroatoms. The van der Waals surface area contributed by atoms with Gasteiger partial charge in [0, 0.05) is 42.1 Å². The number of aromatic nitrogens is 1. The first kappa shape index (κ1) is 24.3. The summed E-state index contributed by atoms with van der Waals surface area (Å²) in [6, 6.07) is 11.0. The van der Waals surface area contributed by atoms with Crippen molar-refractivity contribution >= 4 is 33.0 Å². The van der Waals surface area contributed by atoms with Gasteiger partial charge in [-0.2, -0.15) is 0 Å². The molecule has 0 spiro atoms. The molecule has 1 N–H and O–H groups in total. The molecule has 0 amide bonds. The van der Waals surface area contributed by atoms with E-state index in [4.69, 9.17) is 27.9 Å². The van der Waals surface area contributed by atoms with Gasteiger partial charge in [-0.1, -0.05) is 30.1 Å². The number of nitrogens with zero attached hydrogens (tertiary/aromatic N) is 1. The Morgan fingerprint density at radius 2 is 1.75 bits per heavy atom. The molecule has 3 aromatic rings. The highest BCUT2D eigenvalue weighted by atomic mass is 35.5. The number of aliphatic hydroxyl groups is 1. The van der Waals surface area contributed by atoms with Crippen LogP contribution in [0.3, 0.4) is 0 Å². The van der Waals surface area contributed by atoms with Crippen LogP contribution in [0, 0.1) is 0 Å². The number of halogens is 2. The molecule has 0 fully saturated rings. The summed E-state index contributed by atoms with van der Waals surface area (Å²) in [7, 11) is -1.90. The molecule has 0 saturated carbocycles. The average Bonchev–Trinajstić information content (AvgIpc) is 2.76. The Hall–Kier alpha value is -2.32. The molecule has 0 atom stereocenters. The van der Waals surface area contributed by atoms with Crippen LogP contribution in [0.25, 0.3) is 11.1 Å². The van der Waals surface area contributed by atoms with Gasteiger partial charge in [-0.25, -0.2) is 8.42 Å². The molecule has 6 nitrogen and oxygen atoms in total. The van der Waals surface area contributed by atoms with E-state index >= 15 is 0 Å². The molecule has 0 aliphatic rings. The molecule has 0 unspecified atom stereocenters. The Balaban J connectivity index is 2.19. The SMILES string of the molecule is CCS(=O)(=O)c1ccc(Oc2ccc(Cl)cc2CCCO)c(-c2cn(C)c(=O)cc2Cl)c1. The Morgan fingerprint density at radius 3 is 2.44 bits per heavy atom. The number of benzene rings is 2. The van der Waals surface area contributed by atoms with Gasteiger partial charge < -0.3 is 14.4 Å². The van der Waals surface area contributed by atoms with Crippen molar-refractivity contribution in [2.24, 2.45) is 7.05 Å². The second-order valence-corrected chi connectivity index (χ2v) is 10.3. The maximum absolute atomic E-state index is 12.5. The molecule has 3 rings (SSSR count). The monoisotopic (exact) mass is 495 g/mol. The molecule has 2 aromatic carbocycles. The molecule has 0 radical (unpaired) electrons. The van der Waals surface area contributed by atoms with Crippen molar-refractivity contribution in [2.45, 2.75) is 24.7 Å². The zero-order chi connectivity index (χ0) is 23.5. The quantitative estimate of drug-likeness (QED) is 0.481. The van der Waals surface area contributed by atoms with Gasteiger partial charge in [0.05, 0.1) is 15.7 Å². The first-order valence-electron chi connectivity index (χ1n) is 9.96. The maximum Gasteiger partial charge on any atom is 0.251 e. The predicted octanol–water partition coefficient (Wildman–Crippen LogP) is 4.87. The van der Waals surface area contributed by atoms with Gasteiger partial charge in [0.2, 0.25) is 0 Å². The largest absolute Gasteiger partial charge is 0.456 e. The Labute approximate surface area is 196 Å². The molecule has 170 valence electrons. The number of pyridine rings is 1. The second kappa shape index (κ2) is 10.1. The number of hydrogen-bond donors (Lipinski definition) is 1. The van der Waals surface area contributed by atoms with E-state index in [1.54, 1.807) is 44.4 Å². The van der Waals surface area contributed by atoms with Gasteiger partial charge >= 0.3 is 0 Å². The normalized spacial score (nSPS) is 11.5. The number of aliphatic hydroxyl groups excluding tert-OH is 1. The van der Waals surface area contributed by atoms with Crippen LogP contribution in [0.1, 0.15) is 18.9 Å². The van der Waals surface area contributed by atoms with Gasteiger partial charge in [-0.15, -0.1) is 0 Å². The van der Waals surface area contributed by atoms with E-state index < -0.39 is 9.84 Å². The molecule has 1 aromatic heterocycles. The number of hydrogen-bond acceptors (Lipinski definition) is 5. The number of sulfone groups is 1. The van der Waals surface area contributed by atoms with Crippen molar-refractivity contribution in [2.75, 3.05) is 12.4 Å². The van der Waals surface area contributed by atoms with Crippen molar-refractivity contribution in [3.8, 4) is 22.6 Å². The molecule has 0 aliphatic carbocycles. The highest BCUT2D eigenvalue weighted by Gasteiger charge is 2.19. The minimum atomic E-state index is -3.49. The summed E-state index contributed by atoms with van der Waals surface area (Å²) < 4.78 is 32.6. The number of rotatable bonds is 8. The zero-order valence-electron chi connectivity index (χ0n) is 17.6. The van der Waals surface area contributed by atoms with E-state index in [0.29, 0.717) is 40.5 Å². The summed E-state index contributed by atoms with van der Waals surface area (Å²) in [4.78, 5) is 12.1. The fourth-order valence-electron chi connectivity index (χ4n) is 3.20. The molecular weight excluding hydrogens is 473 g/mol. The van der Waals surface area contributed by atoms with Crippen LogP contribution in [0.15, 0.2) is 58.4 Å². The van der Waals surface area contributed by atoms with Gasteiger partial charge in [-0.3, -0.25) is 4.79 Å². The van der Waals surface area contributed by atoms with Crippen molar-refractivity contribution in [3.63, 3.8) is 0 Å². The van der Waals surface area contributed by atoms with Crippen molar-refractivity contribution in [1.29, 1.82) is 0 Å². The zero-order valence-corrected chi connectivity index (χ0v) is 20.0. The van der Waals surface area contributed by atoms with Gasteiger partial charge in [0.1, 0.15) is 11.5 Å². The lowest BCUT2D eigenvalue weighted by Gasteiger charge is -2.17. The summed E-state index contributed by atoms with van der Waals surface area (Å²) in [6.07, 6.45) is 2.62. The number of ether oxygens (including phenoxy) is 1. The minimum absolute atomic E-state index is 0.0223. The van der Waals surface area contributed by atoms with Crippen LogP contribution < -0.4 is 10.3 Å². The summed E-state index contributed by atoms with van der Waals surface area (Å²) >= 11 is 12.5. The Morgan fingerprint density at radius 1 is 1.03 bits per heavy atom. The standard InChI is InChI=1S/C23H23Cl2NO5S/c1-3-32(29,30)17-7-9-22(18(12-17)19-14-26(2)23(28)13-20(19)25)31-21-8-6-16(24)11-15(21)5-4-10-27/h6-9,11-14,27H,3-5,10H2,1-2H3. The summed E-state index contributed by atoms with van der Waals surface area (Å²) in [5.41, 5.74) is 1.41. The lowest BCUT2D eigenvalue weighted by Crippen LogP contribution is -2.15. The van der Waals surface area contributed by atoms with Crippen LogP contribution in [-0.2, 0) is 23.3 Å². The Kier molecular flexibility index (Phi) is 7.67. The average molecular weight is 496 g/mol. The molecular formula is C23H23Cl2NO5S. The van der Waals surface area contributed by atoms with Crippen LogP contribution >= 0.6 is 23.2 Å². The van der Waals surface area contributed by atoms with E-state index in [9.17, 15) is 18.3 Å². The lowest BCUT2D eigenvalue weighted by atomic mass is 10.1. The fraction of sp³-hybridized carbons (Fsp3) is 0.261. The third-order valence-corrected chi connectivity index (χ3v) is 7.28. The highest BCUT2D eigenvalue weighted by Crippen LogP contribution is 2.39. The van der Waals surface area contributed by atoms with Gasteiger partial charge in [0.15, 0.2) is 9.84 Å². The smallest absolute Gasteiger partial charge is 0.251 e. The summed E-state index contributed by atoms with van der Waals surface area (Å²) in [5.74, 6) is 0.834. The second-order valence-electron chi connectivity index (χ2n) is 7.23. The minimum Gasteiger partial charge on any atom is -0.456 e. The van der Waals surface area contributed by atoms with E-state index in [2.05, 4.69) is 0 Å². The summed E-state index contributed by atoms with van der Waals surface area (Å²) in [5, 5.41) is 9.93. The van der Waals surface area contributed by atoms with E-state index in [1.165, 1.54) is 22.8 Å². The van der Waals surface area contributed by atoms with E-state index in [-0.39, 0.29) is 27.8 Å². The molecule has 0 bridgehead atoms. The lowest BCUT2D eigenvalue weighted by molar-refractivity contribution is 0.288. The topological polar surface area (TPSA) is 85.6 Å². The van der Waals surface area contributed by atoms with Crippen LogP contribution in [0.4, 0.5) is 0 Å². The molecule has 0 saturated heterocycles. The van der Waals surface area contributed by atoms with Crippen molar-refractivity contribution in [1.82, 2.24) is 4.57 Å². The van der Waals surface area contributed by atoms with Crippen LogP contribution in [0.2, 0.25) is 10.0 Å². The third-order valence-electron chi connectivity index (χ3n) is 5.00. The number of aryl methyl sites for hydroxylation is 2. The first-order chi connectivity index (χ1) is 15.2. The highest BCUT2D eigenvalue weighted by molar-refractivity contribution is 7.91. The van der Waals surface area contributed by atoms with Crippen molar-refractivity contribution < 1.29 is 18.3 Å². The first-order valence-corrected chi connectivity index (χ1v) is 12.4. The summed E-state index contributed by atoms with van der Waals surface area (Å²) in [6.45, 7) is 1.59. The van der Waals surface area contributed by atoms with Crippen LogP contribution in [0.5, 0.6) is 11.5 Å². The third kappa shape index (κ3) is 5.35. The predicted molar refractivity (Wildman–Crippen MR) is 127 cm³/mol. The fourth-order valence-corrected chi connectivity index (χ4v) is 4.55. The van der Waals surface area contributed by atoms with Crippen LogP contribution in [-0.4, -0.2) is 30.5 Å². The van der Waals surface area contributed by atoms with Crippen molar-refractivity contribution in [3.05, 3.63) is 74.6 Å². The van der Waals surface area contributed by atoms with Gasteiger partial charge in [-0.05, 0) is 54.8 Å².